The molecule has 1 amide bonds. The van der Waals surface area contributed by atoms with E-state index < -0.39 is 0 Å². The van der Waals surface area contributed by atoms with Crippen molar-refractivity contribution >= 4 is 47.1 Å². The lowest BCUT2D eigenvalue weighted by Gasteiger charge is -2.08. The van der Waals surface area contributed by atoms with E-state index in [0.717, 1.165) is 21.8 Å². The summed E-state index contributed by atoms with van der Waals surface area (Å²) in [5, 5.41) is 5.43. The molecule has 138 valence electrons. The van der Waals surface area contributed by atoms with Crippen LogP contribution in [0.3, 0.4) is 0 Å². The zero-order chi connectivity index (χ0) is 19.2. The Kier molecular flexibility index (Phi) is 6.61. The van der Waals surface area contributed by atoms with E-state index in [1.165, 1.54) is 11.8 Å². The van der Waals surface area contributed by atoms with Crippen LogP contribution in [-0.2, 0) is 4.79 Å². The number of rotatable bonds is 6. The van der Waals surface area contributed by atoms with Gasteiger partial charge in [-0.2, -0.15) is 5.10 Å². The van der Waals surface area contributed by atoms with Crippen molar-refractivity contribution in [1.29, 1.82) is 0 Å². The predicted molar refractivity (Wildman–Crippen MR) is 113 cm³/mol. The monoisotopic (exact) mass is 417 g/mol. The maximum atomic E-state index is 12.0. The molecule has 7 heteroatoms. The molecule has 1 N–H and O–H groups in total. The summed E-state index contributed by atoms with van der Waals surface area (Å²) >= 11 is 13.5. The Morgan fingerprint density at radius 1 is 1.19 bits per heavy atom. The summed E-state index contributed by atoms with van der Waals surface area (Å²) in [4.78, 5) is 12.9. The number of amides is 1. The number of hydrogen-bond donors (Lipinski definition) is 1. The highest BCUT2D eigenvalue weighted by Gasteiger charge is 2.05. The van der Waals surface area contributed by atoms with Crippen LogP contribution >= 0.6 is 35.0 Å². The van der Waals surface area contributed by atoms with Gasteiger partial charge in [-0.05, 0) is 61.0 Å². The van der Waals surface area contributed by atoms with Gasteiger partial charge in [0.2, 0.25) is 5.91 Å². The molecule has 1 aromatic heterocycles. The molecule has 2 aromatic carbocycles. The first-order valence-electron chi connectivity index (χ1n) is 8.17. The summed E-state index contributed by atoms with van der Waals surface area (Å²) < 4.78 is 1.95. The van der Waals surface area contributed by atoms with E-state index in [1.54, 1.807) is 18.3 Å². The SMILES string of the molecule is Cc1ccc(-n2cccc2/C=N\NC(=O)CSc2ccc(Cl)cc2)cc1Cl. The second-order valence-electron chi connectivity index (χ2n) is 5.77. The van der Waals surface area contributed by atoms with Crippen LogP contribution in [0.2, 0.25) is 10.0 Å². The molecule has 1 heterocycles. The molecule has 0 unspecified atom stereocenters. The van der Waals surface area contributed by atoms with E-state index in [2.05, 4.69) is 10.5 Å². The van der Waals surface area contributed by atoms with E-state index in [0.29, 0.717) is 10.0 Å². The van der Waals surface area contributed by atoms with Crippen LogP contribution in [0.4, 0.5) is 0 Å². The highest BCUT2D eigenvalue weighted by atomic mass is 35.5. The fourth-order valence-electron chi connectivity index (χ4n) is 2.35. The molecule has 0 atom stereocenters. The number of benzene rings is 2. The summed E-state index contributed by atoms with van der Waals surface area (Å²) in [7, 11) is 0. The second-order valence-corrected chi connectivity index (χ2v) is 7.66. The minimum atomic E-state index is -0.178. The predicted octanol–water partition coefficient (Wildman–Crippen LogP) is 5.33. The van der Waals surface area contributed by atoms with Gasteiger partial charge in [0.25, 0.3) is 0 Å². The van der Waals surface area contributed by atoms with Crippen LogP contribution in [0.15, 0.2) is 70.8 Å². The molecule has 0 aliphatic carbocycles. The minimum absolute atomic E-state index is 0.178. The number of thioether (sulfide) groups is 1. The van der Waals surface area contributed by atoms with Crippen LogP contribution in [0.25, 0.3) is 5.69 Å². The Labute approximate surface area is 172 Å². The Morgan fingerprint density at radius 3 is 2.70 bits per heavy atom. The molecule has 0 spiro atoms. The molecule has 0 saturated heterocycles. The van der Waals surface area contributed by atoms with Crippen LogP contribution in [-0.4, -0.2) is 22.4 Å². The number of hydrogen-bond acceptors (Lipinski definition) is 3. The molecular weight excluding hydrogens is 401 g/mol. The number of hydrazone groups is 1. The average molecular weight is 418 g/mol. The summed E-state index contributed by atoms with van der Waals surface area (Å²) in [6.07, 6.45) is 3.53. The van der Waals surface area contributed by atoms with Crippen molar-refractivity contribution in [3.8, 4) is 5.69 Å². The third kappa shape index (κ3) is 5.39. The van der Waals surface area contributed by atoms with Gasteiger partial charge in [0.1, 0.15) is 0 Å². The van der Waals surface area contributed by atoms with Gasteiger partial charge in [-0.3, -0.25) is 4.79 Å². The molecule has 27 heavy (non-hydrogen) atoms. The highest BCUT2D eigenvalue weighted by molar-refractivity contribution is 8.00. The van der Waals surface area contributed by atoms with Crippen molar-refractivity contribution in [2.75, 3.05) is 5.75 Å². The molecule has 0 aliphatic rings. The number of aromatic nitrogens is 1. The first-order chi connectivity index (χ1) is 13.0. The number of carbonyl (C=O) groups excluding carboxylic acids is 1. The lowest BCUT2D eigenvalue weighted by atomic mass is 10.2. The molecule has 3 rings (SSSR count). The zero-order valence-corrected chi connectivity index (χ0v) is 16.9. The Bertz CT molecular complexity index is 968. The van der Waals surface area contributed by atoms with Crippen LogP contribution < -0.4 is 5.43 Å². The number of nitrogens with zero attached hydrogens (tertiary/aromatic N) is 2. The maximum Gasteiger partial charge on any atom is 0.250 e. The van der Waals surface area contributed by atoms with E-state index >= 15 is 0 Å². The molecule has 4 nitrogen and oxygen atoms in total. The van der Waals surface area contributed by atoms with Gasteiger partial charge in [-0.1, -0.05) is 29.3 Å². The third-order valence-corrected chi connectivity index (χ3v) is 5.45. The van der Waals surface area contributed by atoms with Gasteiger partial charge >= 0.3 is 0 Å². The molecule has 0 bridgehead atoms. The molecule has 0 saturated carbocycles. The number of halogens is 2. The standard InChI is InChI=1S/C20H17Cl2N3OS/c1-14-4-7-16(11-19(14)22)25-10-2-3-17(25)12-23-24-20(26)13-27-18-8-5-15(21)6-9-18/h2-12H,13H2,1H3,(H,24,26)/b23-12-. The fraction of sp³-hybridized carbons (Fsp3) is 0.100. The Hall–Kier alpha value is -2.21. The number of nitrogens with one attached hydrogen (secondary N) is 1. The fourth-order valence-corrected chi connectivity index (χ4v) is 3.34. The zero-order valence-electron chi connectivity index (χ0n) is 14.5. The van der Waals surface area contributed by atoms with Crippen molar-refractivity contribution in [1.82, 2.24) is 9.99 Å². The summed E-state index contributed by atoms with van der Waals surface area (Å²) in [6, 6.07) is 17.0. The van der Waals surface area contributed by atoms with E-state index in [-0.39, 0.29) is 11.7 Å². The van der Waals surface area contributed by atoms with Gasteiger partial charge in [-0.25, -0.2) is 5.43 Å². The van der Waals surface area contributed by atoms with E-state index in [1.807, 2.05) is 60.2 Å². The molecule has 0 radical (unpaired) electrons. The van der Waals surface area contributed by atoms with Gasteiger partial charge in [0, 0.05) is 26.8 Å². The number of carbonyl (C=O) groups is 1. The first-order valence-corrected chi connectivity index (χ1v) is 9.91. The Balaban J connectivity index is 1.58. The first kappa shape index (κ1) is 19.5. The molecule has 0 fully saturated rings. The van der Waals surface area contributed by atoms with E-state index in [4.69, 9.17) is 23.2 Å². The quantitative estimate of drug-likeness (QED) is 0.334. The highest BCUT2D eigenvalue weighted by Crippen LogP contribution is 2.21. The topological polar surface area (TPSA) is 46.4 Å². The van der Waals surface area contributed by atoms with Crippen molar-refractivity contribution in [2.24, 2.45) is 5.10 Å². The largest absolute Gasteiger partial charge is 0.316 e. The maximum absolute atomic E-state index is 12.0. The van der Waals surface area contributed by atoms with Crippen molar-refractivity contribution in [3.63, 3.8) is 0 Å². The summed E-state index contributed by atoms with van der Waals surface area (Å²) in [5.74, 6) is 0.0933. The third-order valence-electron chi connectivity index (χ3n) is 3.78. The minimum Gasteiger partial charge on any atom is -0.316 e. The summed E-state index contributed by atoms with van der Waals surface area (Å²) in [6.45, 7) is 1.96. The van der Waals surface area contributed by atoms with Crippen LogP contribution in [0.5, 0.6) is 0 Å². The smallest absolute Gasteiger partial charge is 0.250 e. The van der Waals surface area contributed by atoms with E-state index in [9.17, 15) is 4.79 Å². The number of aryl methyl sites for hydroxylation is 1. The summed E-state index contributed by atoms with van der Waals surface area (Å²) in [5.41, 5.74) is 5.33. The molecule has 3 aromatic rings. The van der Waals surface area contributed by atoms with Crippen LogP contribution in [0, 0.1) is 6.92 Å². The molecular formula is C20H17Cl2N3OS. The van der Waals surface area contributed by atoms with Crippen molar-refractivity contribution in [3.05, 3.63) is 82.1 Å². The lowest BCUT2D eigenvalue weighted by molar-refractivity contribution is -0.118. The van der Waals surface area contributed by atoms with Gasteiger partial charge in [0.15, 0.2) is 0 Å². The van der Waals surface area contributed by atoms with Gasteiger partial charge in [-0.15, -0.1) is 11.8 Å². The van der Waals surface area contributed by atoms with Crippen LogP contribution in [0.1, 0.15) is 11.3 Å². The average Bonchev–Trinajstić information content (AvgIpc) is 3.12. The van der Waals surface area contributed by atoms with Gasteiger partial charge < -0.3 is 4.57 Å². The second kappa shape index (κ2) is 9.13. The lowest BCUT2D eigenvalue weighted by Crippen LogP contribution is -2.19. The van der Waals surface area contributed by atoms with Gasteiger partial charge in [0.05, 0.1) is 17.7 Å². The van der Waals surface area contributed by atoms with Crippen molar-refractivity contribution in [2.45, 2.75) is 11.8 Å². The molecule has 0 aliphatic heterocycles. The Morgan fingerprint density at radius 2 is 1.96 bits per heavy atom. The van der Waals surface area contributed by atoms with Crippen molar-refractivity contribution < 1.29 is 4.79 Å². The normalized spacial score (nSPS) is 11.1.